The van der Waals surface area contributed by atoms with Crippen molar-refractivity contribution in [1.82, 2.24) is 0 Å². The number of fused-ring (bicyclic) bond motifs is 3. The van der Waals surface area contributed by atoms with Crippen LogP contribution in [0.2, 0.25) is 5.82 Å². The Hall–Kier alpha value is -1.58. The first-order valence-electron chi connectivity index (χ1n) is 10.8. The maximum atomic E-state index is 6.84. The molecule has 1 aliphatic carbocycles. The molecule has 0 spiro atoms. The van der Waals surface area contributed by atoms with Crippen molar-refractivity contribution in [1.29, 1.82) is 0 Å². The van der Waals surface area contributed by atoms with Gasteiger partial charge in [-0.05, 0) is 49.9 Å². The molecular formula is C25H34BO2-. The molecule has 0 aromatic heterocycles. The smallest absolute Gasteiger partial charge is 0.273 e. The molecule has 4 rings (SSSR count). The molecule has 1 saturated heterocycles. The zero-order valence-electron chi connectivity index (χ0n) is 18.7. The lowest BCUT2D eigenvalue weighted by Gasteiger charge is -2.43. The van der Waals surface area contributed by atoms with Crippen molar-refractivity contribution in [2.75, 3.05) is 0 Å². The average Bonchev–Trinajstić information content (AvgIpc) is 2.99. The average molecular weight is 377 g/mol. The predicted octanol–water partition coefficient (Wildman–Crippen LogP) is 6.05. The van der Waals surface area contributed by atoms with Crippen LogP contribution in [0, 0.1) is 0 Å². The molecule has 1 atom stereocenters. The lowest BCUT2D eigenvalue weighted by atomic mass is 9.42. The fraction of sp³-hybridized carbons (Fsp3) is 0.520. The summed E-state index contributed by atoms with van der Waals surface area (Å²) < 4.78 is 13.7. The molecule has 2 aliphatic rings. The van der Waals surface area contributed by atoms with Gasteiger partial charge in [0.1, 0.15) is 0 Å². The fourth-order valence-corrected chi connectivity index (χ4v) is 5.16. The van der Waals surface area contributed by atoms with Gasteiger partial charge in [-0.15, -0.1) is 5.82 Å². The van der Waals surface area contributed by atoms with Gasteiger partial charge in [0.2, 0.25) is 0 Å². The minimum absolute atomic E-state index is 0.0156. The molecule has 1 unspecified atom stereocenters. The van der Waals surface area contributed by atoms with Crippen LogP contribution in [0.15, 0.2) is 42.5 Å². The van der Waals surface area contributed by atoms with Crippen molar-refractivity contribution in [2.24, 2.45) is 0 Å². The van der Waals surface area contributed by atoms with Crippen molar-refractivity contribution in [3.63, 3.8) is 0 Å². The Morgan fingerprint density at radius 3 is 2.00 bits per heavy atom. The summed E-state index contributed by atoms with van der Waals surface area (Å²) in [7, 11) is 0. The quantitative estimate of drug-likeness (QED) is 0.607. The van der Waals surface area contributed by atoms with Gasteiger partial charge < -0.3 is 9.31 Å². The van der Waals surface area contributed by atoms with Gasteiger partial charge in [-0.3, -0.25) is 0 Å². The van der Waals surface area contributed by atoms with Crippen LogP contribution in [-0.2, 0) is 14.7 Å². The highest BCUT2D eigenvalue weighted by atomic mass is 16.7. The molecule has 0 bridgehead atoms. The first kappa shape index (κ1) is 19.7. The van der Waals surface area contributed by atoms with Crippen LogP contribution in [0.1, 0.15) is 72.9 Å². The van der Waals surface area contributed by atoms with Gasteiger partial charge in [-0.2, -0.15) is 5.46 Å². The summed E-state index contributed by atoms with van der Waals surface area (Å²) in [6.45, 7) is 16.2. The Balaban J connectivity index is 1.90. The Morgan fingerprint density at radius 1 is 0.821 bits per heavy atom. The molecule has 2 aromatic carbocycles. The van der Waals surface area contributed by atoms with E-state index in [1.165, 1.54) is 27.7 Å². The second-order valence-electron chi connectivity index (χ2n) is 10.4. The molecule has 0 radical (unpaired) electrons. The van der Waals surface area contributed by atoms with Crippen molar-refractivity contribution in [3.05, 3.63) is 53.6 Å². The monoisotopic (exact) mass is 377 g/mol. The summed E-state index contributed by atoms with van der Waals surface area (Å²) in [6.07, 6.45) is 1.02. The third-order valence-electron chi connectivity index (χ3n) is 7.85. The Labute approximate surface area is 170 Å². The molecule has 2 aromatic rings. The zero-order valence-corrected chi connectivity index (χ0v) is 18.7. The maximum Gasteiger partial charge on any atom is 0.273 e. The molecule has 2 nitrogen and oxygen atoms in total. The highest BCUT2D eigenvalue weighted by Crippen LogP contribution is 2.50. The molecule has 1 fully saturated rings. The van der Waals surface area contributed by atoms with Crippen molar-refractivity contribution >= 4 is 12.0 Å². The van der Waals surface area contributed by atoms with Gasteiger partial charge in [-0.1, -0.05) is 76.6 Å². The Bertz CT molecular complexity index is 910. The van der Waals surface area contributed by atoms with Crippen molar-refractivity contribution in [3.8, 4) is 11.1 Å². The molecule has 0 saturated carbocycles. The van der Waals surface area contributed by atoms with E-state index in [1.54, 1.807) is 0 Å². The van der Waals surface area contributed by atoms with Crippen LogP contribution < -0.4 is 5.46 Å². The van der Waals surface area contributed by atoms with E-state index >= 15 is 0 Å². The molecule has 1 heterocycles. The summed E-state index contributed by atoms with van der Waals surface area (Å²) in [5.74, 6) is 0.311. The van der Waals surface area contributed by atoms with Gasteiger partial charge in [0.25, 0.3) is 6.55 Å². The van der Waals surface area contributed by atoms with Crippen LogP contribution in [0.25, 0.3) is 11.1 Å². The number of hydrogen-bond donors (Lipinski definition) is 0. The van der Waals surface area contributed by atoms with E-state index in [4.69, 9.17) is 9.31 Å². The minimum Gasteiger partial charge on any atom is -0.558 e. The highest BCUT2D eigenvalue weighted by Gasteiger charge is 2.54. The second-order valence-corrected chi connectivity index (χ2v) is 10.4. The number of benzene rings is 2. The van der Waals surface area contributed by atoms with Crippen LogP contribution >= 0.6 is 0 Å². The first-order chi connectivity index (χ1) is 13.0. The van der Waals surface area contributed by atoms with E-state index in [-0.39, 0.29) is 16.6 Å². The lowest BCUT2D eigenvalue weighted by molar-refractivity contribution is 0.00578. The van der Waals surface area contributed by atoms with E-state index in [1.807, 2.05) is 0 Å². The predicted molar refractivity (Wildman–Crippen MR) is 119 cm³/mol. The van der Waals surface area contributed by atoms with Crippen LogP contribution in [-0.4, -0.2) is 17.8 Å². The molecule has 1 aliphatic heterocycles. The Kier molecular flexibility index (Phi) is 4.20. The zero-order chi connectivity index (χ0) is 20.5. The van der Waals surface area contributed by atoms with E-state index in [2.05, 4.69) is 97.9 Å². The molecule has 0 amide bonds. The molecule has 28 heavy (non-hydrogen) atoms. The van der Waals surface area contributed by atoms with E-state index in [0.29, 0.717) is 5.82 Å². The highest BCUT2D eigenvalue weighted by molar-refractivity contribution is 6.83. The summed E-state index contributed by atoms with van der Waals surface area (Å²) in [5, 5.41) is 0. The van der Waals surface area contributed by atoms with Crippen LogP contribution in [0.4, 0.5) is 0 Å². The van der Waals surface area contributed by atoms with Gasteiger partial charge in [-0.25, -0.2) is 0 Å². The van der Waals surface area contributed by atoms with E-state index < -0.39 is 6.55 Å². The third kappa shape index (κ3) is 2.49. The van der Waals surface area contributed by atoms with Gasteiger partial charge in [0.15, 0.2) is 0 Å². The minimum atomic E-state index is -1.56. The van der Waals surface area contributed by atoms with Crippen molar-refractivity contribution < 1.29 is 9.31 Å². The molecule has 0 N–H and O–H groups in total. The summed E-state index contributed by atoms with van der Waals surface area (Å²) in [6, 6.07) is 15.7. The van der Waals surface area contributed by atoms with Crippen molar-refractivity contribution in [2.45, 2.75) is 84.2 Å². The lowest BCUT2D eigenvalue weighted by Crippen LogP contribution is -2.55. The van der Waals surface area contributed by atoms with Gasteiger partial charge in [0.05, 0.1) is 0 Å². The summed E-state index contributed by atoms with van der Waals surface area (Å²) in [4.78, 5) is 0. The Morgan fingerprint density at radius 2 is 1.39 bits per heavy atom. The molecule has 150 valence electrons. The normalized spacial score (nSPS) is 23.9. The van der Waals surface area contributed by atoms with Crippen LogP contribution in [0.5, 0.6) is 0 Å². The number of rotatable bonds is 3. The molecular weight excluding hydrogens is 343 g/mol. The summed E-state index contributed by atoms with van der Waals surface area (Å²) in [5.41, 5.74) is 5.99. The first-order valence-corrected chi connectivity index (χ1v) is 10.8. The van der Waals surface area contributed by atoms with Gasteiger partial charge >= 0.3 is 0 Å². The van der Waals surface area contributed by atoms with Crippen LogP contribution in [0.3, 0.4) is 0 Å². The third-order valence-corrected chi connectivity index (χ3v) is 7.85. The SMILES string of the molecule is CCC(C)[B-]1(c2ccc3c(c2)C(C)(C)c2ccccc2-3)OC(C)(C)C(C)(C)O1. The van der Waals surface area contributed by atoms with E-state index in [9.17, 15) is 0 Å². The molecule has 3 heteroatoms. The maximum absolute atomic E-state index is 6.84. The second kappa shape index (κ2) is 5.97. The largest absolute Gasteiger partial charge is 0.558 e. The fourth-order valence-electron chi connectivity index (χ4n) is 5.16. The standard InChI is InChI=1S/C25H34BO2/c1-9-17(2)26(27-24(5,6)25(7,8)28-26)18-14-15-20-19-12-10-11-13-21(19)23(3,4)22(20)16-18/h10-17H,9H2,1-8H3/q-1. The van der Waals surface area contributed by atoms with Gasteiger partial charge in [0, 0.05) is 16.6 Å². The topological polar surface area (TPSA) is 18.5 Å². The summed E-state index contributed by atoms with van der Waals surface area (Å²) >= 11 is 0. The van der Waals surface area contributed by atoms with E-state index in [0.717, 1.165) is 6.42 Å². The number of hydrogen-bond acceptors (Lipinski definition) is 2.